The quantitative estimate of drug-likeness (QED) is 0.528. The molecule has 1 heterocycles. The van der Waals surface area contributed by atoms with Crippen molar-refractivity contribution in [3.05, 3.63) is 46.8 Å². The Morgan fingerprint density at radius 1 is 1.39 bits per heavy atom. The Balaban J connectivity index is 2.17. The van der Waals surface area contributed by atoms with E-state index in [1.54, 1.807) is 6.08 Å². The average Bonchev–Trinajstić information content (AvgIpc) is 2.78. The van der Waals surface area contributed by atoms with Gasteiger partial charge in [-0.25, -0.2) is 4.98 Å². The van der Waals surface area contributed by atoms with Crippen LogP contribution in [0.25, 0.3) is 6.08 Å². The number of allylic oxidation sites excluding steroid dienone is 1. The summed E-state index contributed by atoms with van der Waals surface area (Å²) in [5, 5.41) is 0. The van der Waals surface area contributed by atoms with E-state index in [2.05, 4.69) is 4.98 Å². The van der Waals surface area contributed by atoms with Gasteiger partial charge in [0.1, 0.15) is 10.7 Å². The topological polar surface area (TPSA) is 56.0 Å². The number of ketones is 1. The van der Waals surface area contributed by atoms with Gasteiger partial charge in [0.05, 0.1) is 0 Å². The third kappa shape index (κ3) is 3.00. The van der Waals surface area contributed by atoms with Crippen molar-refractivity contribution in [3.63, 3.8) is 0 Å². The van der Waals surface area contributed by atoms with Crippen LogP contribution in [0, 0.1) is 0 Å². The molecule has 3 nitrogen and oxygen atoms in total. The number of hydrogen-bond acceptors (Lipinski definition) is 5. The number of carbonyl (C=O) groups is 1. The Morgan fingerprint density at radius 2 is 2.11 bits per heavy atom. The maximum atomic E-state index is 12.0. The molecule has 0 bridgehead atoms. The van der Waals surface area contributed by atoms with E-state index in [1.807, 2.05) is 36.6 Å². The van der Waals surface area contributed by atoms with Crippen LogP contribution in [0.5, 0.6) is 0 Å². The van der Waals surface area contributed by atoms with E-state index in [4.69, 9.17) is 5.73 Å². The fraction of sp³-hybridized carbons (Fsp3) is 0.0769. The number of carbonyl (C=O) groups excluding carboxylic acids is 1. The maximum absolute atomic E-state index is 12.0. The fourth-order valence-corrected chi connectivity index (χ4v) is 2.80. The van der Waals surface area contributed by atoms with Crippen molar-refractivity contribution in [2.75, 3.05) is 12.0 Å². The van der Waals surface area contributed by atoms with Crippen molar-refractivity contribution in [3.8, 4) is 0 Å². The van der Waals surface area contributed by atoms with Gasteiger partial charge in [-0.1, -0.05) is 48.2 Å². The zero-order valence-corrected chi connectivity index (χ0v) is 11.4. The SMILES string of the molecule is CSc1nc(N)c(C(=O)C=Cc2ccccc2)s1. The highest BCUT2D eigenvalue weighted by molar-refractivity contribution is 8.00. The molecule has 0 unspecified atom stereocenters. The van der Waals surface area contributed by atoms with Gasteiger partial charge in [-0.05, 0) is 17.9 Å². The number of benzene rings is 1. The van der Waals surface area contributed by atoms with E-state index in [1.165, 1.54) is 29.2 Å². The van der Waals surface area contributed by atoms with Crippen molar-refractivity contribution in [1.29, 1.82) is 0 Å². The second-order valence-corrected chi connectivity index (χ2v) is 5.56. The molecule has 2 aromatic rings. The van der Waals surface area contributed by atoms with Gasteiger partial charge < -0.3 is 5.73 Å². The van der Waals surface area contributed by atoms with Gasteiger partial charge in [-0.2, -0.15) is 0 Å². The third-order valence-corrected chi connectivity index (χ3v) is 4.33. The summed E-state index contributed by atoms with van der Waals surface area (Å²) in [5.41, 5.74) is 6.70. The van der Waals surface area contributed by atoms with Crippen molar-refractivity contribution in [2.45, 2.75) is 4.34 Å². The summed E-state index contributed by atoms with van der Waals surface area (Å²) >= 11 is 2.82. The number of thioether (sulfide) groups is 1. The van der Waals surface area contributed by atoms with E-state index in [-0.39, 0.29) is 5.78 Å². The largest absolute Gasteiger partial charge is 0.382 e. The number of anilines is 1. The second-order valence-electron chi connectivity index (χ2n) is 3.51. The van der Waals surface area contributed by atoms with Crippen LogP contribution in [0.3, 0.4) is 0 Å². The molecule has 18 heavy (non-hydrogen) atoms. The lowest BCUT2D eigenvalue weighted by Gasteiger charge is -1.92. The number of nitrogen functional groups attached to an aromatic ring is 1. The summed E-state index contributed by atoms with van der Waals surface area (Å²) < 4.78 is 0.809. The molecule has 0 aliphatic rings. The van der Waals surface area contributed by atoms with E-state index < -0.39 is 0 Å². The summed E-state index contributed by atoms with van der Waals surface area (Å²) in [6.45, 7) is 0. The van der Waals surface area contributed by atoms with Crippen LogP contribution >= 0.6 is 23.1 Å². The first kappa shape index (κ1) is 12.9. The van der Waals surface area contributed by atoms with Crippen LogP contribution in [-0.4, -0.2) is 17.0 Å². The van der Waals surface area contributed by atoms with Crippen LogP contribution < -0.4 is 5.73 Å². The fourth-order valence-electron chi connectivity index (χ4n) is 1.39. The number of hydrogen-bond donors (Lipinski definition) is 1. The molecule has 1 aromatic carbocycles. The summed E-state index contributed by atoms with van der Waals surface area (Å²) in [7, 11) is 0. The molecule has 5 heteroatoms. The average molecular weight is 276 g/mol. The Kier molecular flexibility index (Phi) is 4.17. The lowest BCUT2D eigenvalue weighted by molar-refractivity contribution is 0.105. The molecule has 92 valence electrons. The number of rotatable bonds is 4. The third-order valence-electron chi connectivity index (χ3n) is 2.26. The molecule has 0 amide bonds. The molecule has 0 aliphatic carbocycles. The van der Waals surface area contributed by atoms with E-state index in [0.29, 0.717) is 10.7 Å². The maximum Gasteiger partial charge on any atom is 0.199 e. The van der Waals surface area contributed by atoms with Crippen molar-refractivity contribution >= 4 is 40.8 Å². The van der Waals surface area contributed by atoms with Gasteiger partial charge in [0.15, 0.2) is 10.1 Å². The highest BCUT2D eigenvalue weighted by Crippen LogP contribution is 2.27. The molecule has 0 spiro atoms. The first-order valence-corrected chi connectivity index (χ1v) is 7.32. The predicted octanol–water partition coefficient (Wildman–Crippen LogP) is 3.34. The molecular weight excluding hydrogens is 264 g/mol. The van der Waals surface area contributed by atoms with Gasteiger partial charge in [-0.3, -0.25) is 4.79 Å². The Labute approximate surface area is 114 Å². The minimum absolute atomic E-state index is 0.103. The van der Waals surface area contributed by atoms with E-state index in [9.17, 15) is 4.79 Å². The number of nitrogens with zero attached hydrogens (tertiary/aromatic N) is 1. The Morgan fingerprint density at radius 3 is 2.72 bits per heavy atom. The highest BCUT2D eigenvalue weighted by Gasteiger charge is 2.13. The van der Waals surface area contributed by atoms with E-state index in [0.717, 1.165) is 9.90 Å². The highest BCUT2D eigenvalue weighted by atomic mass is 32.2. The summed E-state index contributed by atoms with van der Waals surface area (Å²) in [6, 6.07) is 9.67. The van der Waals surface area contributed by atoms with Gasteiger partial charge in [0.2, 0.25) is 0 Å². The molecule has 2 N–H and O–H groups in total. The smallest absolute Gasteiger partial charge is 0.199 e. The zero-order chi connectivity index (χ0) is 13.0. The van der Waals surface area contributed by atoms with Gasteiger partial charge in [-0.15, -0.1) is 11.3 Å². The molecule has 0 saturated carbocycles. The van der Waals surface area contributed by atoms with E-state index >= 15 is 0 Å². The number of nitrogens with two attached hydrogens (primary N) is 1. The van der Waals surface area contributed by atoms with Gasteiger partial charge >= 0.3 is 0 Å². The summed E-state index contributed by atoms with van der Waals surface area (Å²) in [6.07, 6.45) is 5.22. The molecular formula is C13H12N2OS2. The predicted molar refractivity (Wildman–Crippen MR) is 78.1 cm³/mol. The molecule has 0 atom stereocenters. The molecule has 0 radical (unpaired) electrons. The standard InChI is InChI=1S/C13H12N2OS2/c1-17-13-15-12(14)11(18-13)10(16)8-7-9-5-3-2-4-6-9/h2-8H,14H2,1H3. The number of aromatic nitrogens is 1. The molecule has 0 saturated heterocycles. The molecule has 0 aliphatic heterocycles. The van der Waals surface area contributed by atoms with Crippen LogP contribution in [-0.2, 0) is 0 Å². The summed E-state index contributed by atoms with van der Waals surface area (Å²) in [4.78, 5) is 16.6. The monoisotopic (exact) mass is 276 g/mol. The first-order valence-electron chi connectivity index (χ1n) is 5.28. The summed E-state index contributed by atoms with van der Waals surface area (Å²) in [5.74, 6) is 0.209. The van der Waals surface area contributed by atoms with Crippen molar-refractivity contribution in [2.24, 2.45) is 0 Å². The molecule has 0 fully saturated rings. The lowest BCUT2D eigenvalue weighted by Crippen LogP contribution is -1.96. The van der Waals surface area contributed by atoms with Crippen LogP contribution in [0.4, 0.5) is 5.82 Å². The lowest BCUT2D eigenvalue weighted by atomic mass is 10.2. The Hall–Kier alpha value is -1.59. The van der Waals surface area contributed by atoms with Crippen LogP contribution in [0.15, 0.2) is 40.7 Å². The van der Waals surface area contributed by atoms with Crippen LogP contribution in [0.2, 0.25) is 0 Å². The minimum atomic E-state index is -0.103. The van der Waals surface area contributed by atoms with Gasteiger partial charge in [0, 0.05) is 0 Å². The van der Waals surface area contributed by atoms with Crippen molar-refractivity contribution in [1.82, 2.24) is 4.98 Å². The van der Waals surface area contributed by atoms with Crippen molar-refractivity contribution < 1.29 is 4.79 Å². The second kappa shape index (κ2) is 5.84. The molecule has 2 rings (SSSR count). The first-order chi connectivity index (χ1) is 8.70. The number of thiazole rings is 1. The minimum Gasteiger partial charge on any atom is -0.382 e. The van der Waals surface area contributed by atoms with Gasteiger partial charge in [0.25, 0.3) is 0 Å². The molecule has 1 aromatic heterocycles. The normalized spacial score (nSPS) is 10.9. The zero-order valence-electron chi connectivity index (χ0n) is 9.79. The Bertz CT molecular complexity index is 576. The van der Waals surface area contributed by atoms with Crippen LogP contribution in [0.1, 0.15) is 15.2 Å².